The first-order chi connectivity index (χ1) is 15.4. The van der Waals surface area contributed by atoms with Crippen LogP contribution in [0.1, 0.15) is 40.0 Å². The van der Waals surface area contributed by atoms with Gasteiger partial charge < -0.3 is 14.4 Å². The number of anilines is 1. The predicted octanol–water partition coefficient (Wildman–Crippen LogP) is 2.67. The highest BCUT2D eigenvalue weighted by molar-refractivity contribution is 6.03. The fourth-order valence-electron chi connectivity index (χ4n) is 3.36. The van der Waals surface area contributed by atoms with Crippen molar-refractivity contribution in [2.75, 3.05) is 38.8 Å². The van der Waals surface area contributed by atoms with Crippen molar-refractivity contribution in [2.45, 2.75) is 38.6 Å². The molecule has 0 aliphatic carbocycles. The van der Waals surface area contributed by atoms with Crippen LogP contribution in [-0.4, -0.2) is 62.1 Å². The molecule has 1 heterocycles. The Hall–Kier alpha value is -2.12. The molecule has 1 aliphatic heterocycles. The van der Waals surface area contributed by atoms with Gasteiger partial charge in [0, 0.05) is 31.2 Å². The van der Waals surface area contributed by atoms with Gasteiger partial charge in [-0.15, -0.1) is 12.4 Å². The van der Waals surface area contributed by atoms with E-state index in [1.165, 1.54) is 14.2 Å². The number of ether oxygens (including phenoxy) is 2. The summed E-state index contributed by atoms with van der Waals surface area (Å²) in [4.78, 5) is 41.1. The van der Waals surface area contributed by atoms with Gasteiger partial charge in [0.1, 0.15) is 5.54 Å². The van der Waals surface area contributed by atoms with Gasteiger partial charge in [-0.05, 0) is 24.9 Å². The maximum atomic E-state index is 13.4. The van der Waals surface area contributed by atoms with E-state index in [4.69, 9.17) is 11.6 Å². The second kappa shape index (κ2) is 11.2. The van der Waals surface area contributed by atoms with Crippen LogP contribution >= 0.6 is 12.4 Å². The SMILES string of the molecule is Cl.[2H]c1c([2H])c([2H])c(N(C(=O)C(C)C)C2(C(=O)OC)CCN(CCC(=O)OC)CC2)c([2H])c1[2H]. The number of likely N-dealkylation sites (tertiary alicyclic amines) is 1. The van der Waals surface area contributed by atoms with Crippen molar-refractivity contribution in [2.24, 2.45) is 5.92 Å². The predicted molar refractivity (Wildman–Crippen MR) is 113 cm³/mol. The van der Waals surface area contributed by atoms with Crippen LogP contribution in [0.15, 0.2) is 30.2 Å². The maximum Gasteiger partial charge on any atom is 0.332 e. The summed E-state index contributed by atoms with van der Waals surface area (Å²) in [6.07, 6.45) is 0.364. The smallest absolute Gasteiger partial charge is 0.332 e. The number of para-hydroxylation sites is 1. The number of benzene rings is 1. The Bertz CT molecular complexity index is 910. The molecule has 1 amide bonds. The van der Waals surface area contributed by atoms with Gasteiger partial charge in [0.2, 0.25) is 5.91 Å². The molecule has 0 spiro atoms. The summed E-state index contributed by atoms with van der Waals surface area (Å²) >= 11 is 0. The fraction of sp³-hybridized carbons (Fsp3) is 0.571. The van der Waals surface area contributed by atoms with Gasteiger partial charge in [0.15, 0.2) is 0 Å². The minimum absolute atomic E-state index is 0. The molecule has 8 heteroatoms. The molecule has 1 aliphatic rings. The molecule has 1 aromatic rings. The van der Waals surface area contributed by atoms with Gasteiger partial charge in [0.05, 0.1) is 27.5 Å². The molecule has 7 nitrogen and oxygen atoms in total. The molecule has 2 rings (SSSR count). The second-order valence-electron chi connectivity index (χ2n) is 6.99. The van der Waals surface area contributed by atoms with Crippen LogP contribution in [-0.2, 0) is 23.9 Å². The Morgan fingerprint density at radius 1 is 1.14 bits per heavy atom. The topological polar surface area (TPSA) is 76.2 Å². The minimum atomic E-state index is -1.56. The van der Waals surface area contributed by atoms with Gasteiger partial charge >= 0.3 is 11.9 Å². The number of amides is 1. The van der Waals surface area contributed by atoms with Crippen molar-refractivity contribution in [3.63, 3.8) is 0 Å². The molecule has 0 saturated carbocycles. The third kappa shape index (κ3) is 5.70. The van der Waals surface area contributed by atoms with Crippen LogP contribution in [0.4, 0.5) is 5.69 Å². The third-order valence-electron chi connectivity index (χ3n) is 4.96. The highest BCUT2D eigenvalue weighted by Gasteiger charge is 2.50. The molecule has 1 fully saturated rings. The highest BCUT2D eigenvalue weighted by Crippen LogP contribution is 2.36. The number of carbonyl (C=O) groups is 3. The molecule has 0 bridgehead atoms. The Morgan fingerprint density at radius 2 is 1.72 bits per heavy atom. The number of rotatable bonds is 7. The Labute approximate surface area is 185 Å². The van der Waals surface area contributed by atoms with Crippen molar-refractivity contribution in [3.05, 3.63) is 30.2 Å². The quantitative estimate of drug-likeness (QED) is 0.618. The maximum absolute atomic E-state index is 13.4. The number of nitrogens with zero attached hydrogens (tertiary/aromatic N) is 2. The van der Waals surface area contributed by atoms with E-state index in [-0.39, 0.29) is 43.3 Å². The van der Waals surface area contributed by atoms with Crippen molar-refractivity contribution >= 4 is 35.9 Å². The number of hydrogen-bond donors (Lipinski definition) is 0. The average Bonchev–Trinajstić information content (AvgIpc) is 2.81. The van der Waals surface area contributed by atoms with Crippen LogP contribution in [0.25, 0.3) is 0 Å². The normalized spacial score (nSPS) is 18.3. The molecule has 0 unspecified atom stereocenters. The highest BCUT2D eigenvalue weighted by atomic mass is 35.5. The third-order valence-corrected chi connectivity index (χ3v) is 4.96. The molecule has 0 N–H and O–H groups in total. The summed E-state index contributed by atoms with van der Waals surface area (Å²) in [5, 5.41) is 0. The largest absolute Gasteiger partial charge is 0.469 e. The number of halogens is 1. The van der Waals surface area contributed by atoms with E-state index in [2.05, 4.69) is 4.74 Å². The average molecular weight is 432 g/mol. The Balaban J connectivity index is 0.00000578. The van der Waals surface area contributed by atoms with Crippen LogP contribution in [0.3, 0.4) is 0 Å². The van der Waals surface area contributed by atoms with Crippen LogP contribution in [0.5, 0.6) is 0 Å². The number of carbonyl (C=O) groups excluding carboxylic acids is 3. The van der Waals surface area contributed by atoms with Gasteiger partial charge in [-0.25, -0.2) is 4.79 Å². The number of hydrogen-bond acceptors (Lipinski definition) is 6. The molecular formula is C21H31ClN2O5. The molecule has 0 radical (unpaired) electrons. The molecule has 29 heavy (non-hydrogen) atoms. The zero-order valence-electron chi connectivity index (χ0n) is 22.2. The van der Waals surface area contributed by atoms with Gasteiger partial charge in [-0.3, -0.25) is 14.5 Å². The molecule has 0 aromatic heterocycles. The fourth-order valence-corrected chi connectivity index (χ4v) is 3.36. The zero-order chi connectivity index (χ0) is 25.1. The summed E-state index contributed by atoms with van der Waals surface area (Å²) in [5.41, 5.74) is -1.90. The summed E-state index contributed by atoms with van der Waals surface area (Å²) in [5.74, 6) is -2.27. The molecule has 162 valence electrons. The summed E-state index contributed by atoms with van der Waals surface area (Å²) < 4.78 is 50.5. The van der Waals surface area contributed by atoms with Gasteiger partial charge in [-0.2, -0.15) is 0 Å². The van der Waals surface area contributed by atoms with E-state index in [1.807, 2.05) is 4.90 Å². The van der Waals surface area contributed by atoms with Crippen molar-refractivity contribution in [3.8, 4) is 0 Å². The first-order valence-electron chi connectivity index (χ1n) is 11.7. The van der Waals surface area contributed by atoms with Crippen LogP contribution < -0.4 is 4.90 Å². The lowest BCUT2D eigenvalue weighted by atomic mass is 9.84. The van der Waals surface area contributed by atoms with E-state index < -0.39 is 53.5 Å². The Kier molecular flexibility index (Phi) is 6.82. The lowest BCUT2D eigenvalue weighted by Crippen LogP contribution is -2.63. The van der Waals surface area contributed by atoms with Crippen LogP contribution in [0, 0.1) is 5.92 Å². The van der Waals surface area contributed by atoms with E-state index in [0.717, 1.165) is 4.90 Å². The first kappa shape index (κ1) is 17.7. The number of piperidine rings is 1. The van der Waals surface area contributed by atoms with Crippen molar-refractivity contribution in [1.29, 1.82) is 0 Å². The van der Waals surface area contributed by atoms with E-state index in [9.17, 15) is 14.4 Å². The van der Waals surface area contributed by atoms with E-state index in [0.29, 0.717) is 19.6 Å². The second-order valence-corrected chi connectivity index (χ2v) is 6.99. The number of esters is 2. The van der Waals surface area contributed by atoms with Crippen molar-refractivity contribution in [1.82, 2.24) is 4.90 Å². The number of methoxy groups -OCH3 is 2. The lowest BCUT2D eigenvalue weighted by molar-refractivity contribution is -0.151. The zero-order valence-corrected chi connectivity index (χ0v) is 18.0. The summed E-state index contributed by atoms with van der Waals surface area (Å²) in [6.45, 7) is 4.28. The standard InChI is InChI=1S/C21H30N2O5.ClH/c1-16(2)19(25)23(17-8-6-5-7-9-17)21(20(26)28-4)11-14-22(15-12-21)13-10-18(24)27-3;/h5-9,16H,10-15H2,1-4H3;1H/i5D,6D,7D,8D,9D;. The molecule has 1 aromatic carbocycles. The minimum Gasteiger partial charge on any atom is -0.469 e. The van der Waals surface area contributed by atoms with E-state index in [1.54, 1.807) is 13.8 Å². The summed E-state index contributed by atoms with van der Waals surface area (Å²) in [6, 6.07) is -2.90. The van der Waals surface area contributed by atoms with Crippen molar-refractivity contribution < 1.29 is 30.7 Å². The molecular weight excluding hydrogens is 396 g/mol. The monoisotopic (exact) mass is 431 g/mol. The lowest BCUT2D eigenvalue weighted by Gasteiger charge is -2.47. The molecule has 1 saturated heterocycles. The van der Waals surface area contributed by atoms with Gasteiger partial charge in [-0.1, -0.05) is 32.0 Å². The summed E-state index contributed by atoms with van der Waals surface area (Å²) in [7, 11) is 2.49. The van der Waals surface area contributed by atoms with E-state index >= 15 is 0 Å². The molecule has 0 atom stereocenters. The first-order valence-corrected chi connectivity index (χ1v) is 9.21. The Morgan fingerprint density at radius 3 is 2.21 bits per heavy atom. The van der Waals surface area contributed by atoms with Gasteiger partial charge in [0.25, 0.3) is 0 Å². The van der Waals surface area contributed by atoms with Crippen LogP contribution in [0.2, 0.25) is 0 Å².